The van der Waals surface area contributed by atoms with E-state index >= 15 is 0 Å². The van der Waals surface area contributed by atoms with E-state index < -0.39 is 10.0 Å². The van der Waals surface area contributed by atoms with Gasteiger partial charge >= 0.3 is 0 Å². The van der Waals surface area contributed by atoms with Gasteiger partial charge in [-0.1, -0.05) is 25.1 Å². The van der Waals surface area contributed by atoms with Crippen molar-refractivity contribution in [2.24, 2.45) is 5.92 Å². The Labute approximate surface area is 167 Å². The highest BCUT2D eigenvalue weighted by molar-refractivity contribution is 9.10. The van der Waals surface area contributed by atoms with Gasteiger partial charge in [0, 0.05) is 22.6 Å². The first kappa shape index (κ1) is 18.5. The van der Waals surface area contributed by atoms with Gasteiger partial charge in [-0.05, 0) is 70.9 Å². The molecule has 0 radical (unpaired) electrons. The van der Waals surface area contributed by atoms with Crippen LogP contribution < -0.4 is 9.62 Å². The first-order valence-corrected chi connectivity index (χ1v) is 11.4. The van der Waals surface area contributed by atoms with Gasteiger partial charge in [-0.15, -0.1) is 0 Å². The summed E-state index contributed by atoms with van der Waals surface area (Å²) < 4.78 is 29.4. The number of anilines is 2. The Kier molecular flexibility index (Phi) is 4.76. The quantitative estimate of drug-likeness (QED) is 0.747. The molecule has 27 heavy (non-hydrogen) atoms. The third-order valence-electron chi connectivity index (χ3n) is 5.15. The van der Waals surface area contributed by atoms with E-state index in [1.165, 1.54) is 0 Å². The maximum absolute atomic E-state index is 13.1. The van der Waals surface area contributed by atoms with Gasteiger partial charge in [0.1, 0.15) is 4.90 Å². The Hall–Kier alpha value is -1.86. The summed E-state index contributed by atoms with van der Waals surface area (Å²) in [7, 11) is -3.79. The van der Waals surface area contributed by atoms with E-state index in [-0.39, 0.29) is 16.7 Å². The number of rotatable bonds is 5. The van der Waals surface area contributed by atoms with Crippen molar-refractivity contribution in [1.82, 2.24) is 0 Å². The second-order valence-corrected chi connectivity index (χ2v) is 9.55. The molecule has 0 aromatic heterocycles. The molecule has 0 saturated heterocycles. The highest BCUT2D eigenvalue weighted by Gasteiger charge is 2.37. The predicted molar refractivity (Wildman–Crippen MR) is 110 cm³/mol. The van der Waals surface area contributed by atoms with E-state index in [0.29, 0.717) is 16.7 Å². The molecule has 1 heterocycles. The highest BCUT2D eigenvalue weighted by Crippen LogP contribution is 2.39. The van der Waals surface area contributed by atoms with Crippen LogP contribution in [-0.4, -0.2) is 20.9 Å². The van der Waals surface area contributed by atoms with Gasteiger partial charge in [-0.2, -0.15) is 0 Å². The van der Waals surface area contributed by atoms with Crippen molar-refractivity contribution in [3.8, 4) is 0 Å². The summed E-state index contributed by atoms with van der Waals surface area (Å²) in [6.45, 7) is 2.60. The maximum Gasteiger partial charge on any atom is 0.263 e. The molecule has 0 atom stereocenters. The Morgan fingerprint density at radius 3 is 2.70 bits per heavy atom. The minimum atomic E-state index is -3.79. The average Bonchev–Trinajstić information content (AvgIpc) is 3.41. The van der Waals surface area contributed by atoms with Gasteiger partial charge in [0.15, 0.2) is 0 Å². The van der Waals surface area contributed by atoms with E-state index in [4.69, 9.17) is 0 Å². The van der Waals surface area contributed by atoms with Crippen molar-refractivity contribution in [2.75, 3.05) is 16.2 Å². The molecule has 2 aromatic rings. The first-order valence-electron chi connectivity index (χ1n) is 9.15. The molecule has 0 spiro atoms. The smallest absolute Gasteiger partial charge is 0.263 e. The number of nitrogens with zero attached hydrogens (tertiary/aromatic N) is 1. The number of benzene rings is 2. The molecule has 1 fully saturated rings. The van der Waals surface area contributed by atoms with Crippen LogP contribution in [-0.2, 0) is 27.7 Å². The molecule has 1 amide bonds. The molecule has 1 saturated carbocycles. The van der Waals surface area contributed by atoms with E-state index in [1.807, 2.05) is 31.2 Å². The lowest BCUT2D eigenvalue weighted by molar-refractivity contribution is -0.119. The van der Waals surface area contributed by atoms with Crippen LogP contribution in [0.15, 0.2) is 45.8 Å². The molecule has 0 bridgehead atoms. The lowest BCUT2D eigenvalue weighted by atomic mass is 10.1. The minimum Gasteiger partial charge on any atom is -0.312 e. The van der Waals surface area contributed by atoms with Crippen LogP contribution in [0.5, 0.6) is 0 Å². The van der Waals surface area contributed by atoms with E-state index in [2.05, 4.69) is 20.7 Å². The zero-order valence-corrected chi connectivity index (χ0v) is 17.4. The maximum atomic E-state index is 13.1. The number of para-hydroxylation sites is 1. The molecule has 5 nitrogen and oxygen atoms in total. The monoisotopic (exact) mass is 448 g/mol. The van der Waals surface area contributed by atoms with Crippen molar-refractivity contribution < 1.29 is 13.2 Å². The van der Waals surface area contributed by atoms with E-state index in [1.54, 1.807) is 17.0 Å². The minimum absolute atomic E-state index is 0.106. The number of nitrogens with one attached hydrogen (secondary N) is 1. The predicted octanol–water partition coefficient (Wildman–Crippen LogP) is 4.11. The van der Waals surface area contributed by atoms with Gasteiger partial charge in [-0.25, -0.2) is 8.42 Å². The number of amides is 1. The van der Waals surface area contributed by atoms with Crippen molar-refractivity contribution in [1.29, 1.82) is 0 Å². The number of carbonyl (C=O) groups is 1. The number of hydrogen-bond donors (Lipinski definition) is 1. The van der Waals surface area contributed by atoms with Gasteiger partial charge in [0.05, 0.1) is 5.69 Å². The third kappa shape index (κ3) is 3.50. The standard InChI is InChI=1S/C20H21BrN2O3S/c1-2-13-5-3-4-6-17(13)22-27(25,26)19-12-18-15(11-16(19)21)9-10-23(18)20(24)14-7-8-14/h3-6,11-12,14,22H,2,7-10H2,1H3. The van der Waals surface area contributed by atoms with Gasteiger partial charge in [-0.3, -0.25) is 9.52 Å². The molecule has 7 heteroatoms. The van der Waals surface area contributed by atoms with Crippen molar-refractivity contribution in [2.45, 2.75) is 37.5 Å². The van der Waals surface area contributed by atoms with Gasteiger partial charge in [0.2, 0.25) is 5.91 Å². The summed E-state index contributed by atoms with van der Waals surface area (Å²) in [4.78, 5) is 14.4. The number of aryl methyl sites for hydroxylation is 1. The molecular weight excluding hydrogens is 428 g/mol. The second-order valence-electron chi connectivity index (χ2n) is 7.04. The molecule has 1 aliphatic heterocycles. The van der Waals surface area contributed by atoms with Crippen LogP contribution in [0.2, 0.25) is 0 Å². The lowest BCUT2D eigenvalue weighted by Gasteiger charge is -2.19. The highest BCUT2D eigenvalue weighted by atomic mass is 79.9. The van der Waals surface area contributed by atoms with Crippen LogP contribution in [0.1, 0.15) is 30.9 Å². The van der Waals surface area contributed by atoms with E-state index in [0.717, 1.165) is 42.5 Å². The number of fused-ring (bicyclic) bond motifs is 1. The number of carbonyl (C=O) groups excluding carboxylic acids is 1. The Morgan fingerprint density at radius 2 is 2.00 bits per heavy atom. The SMILES string of the molecule is CCc1ccccc1NS(=O)(=O)c1cc2c(cc1Br)CCN2C(=O)C1CC1. The Bertz CT molecular complexity index is 1020. The van der Waals surface area contributed by atoms with Gasteiger partial charge in [0.25, 0.3) is 10.0 Å². The van der Waals surface area contributed by atoms with Crippen LogP contribution in [0.25, 0.3) is 0 Å². The average molecular weight is 449 g/mol. The summed E-state index contributed by atoms with van der Waals surface area (Å²) in [5, 5.41) is 0. The molecule has 2 aliphatic rings. The Balaban J connectivity index is 1.71. The van der Waals surface area contributed by atoms with Crippen molar-refractivity contribution in [3.63, 3.8) is 0 Å². The Morgan fingerprint density at radius 1 is 1.26 bits per heavy atom. The zero-order chi connectivity index (χ0) is 19.2. The molecule has 0 unspecified atom stereocenters. The largest absolute Gasteiger partial charge is 0.312 e. The number of halogens is 1. The number of hydrogen-bond acceptors (Lipinski definition) is 3. The third-order valence-corrected chi connectivity index (χ3v) is 7.48. The van der Waals surface area contributed by atoms with Crippen molar-refractivity contribution >= 4 is 43.2 Å². The van der Waals surface area contributed by atoms with Crippen LogP contribution >= 0.6 is 15.9 Å². The molecule has 2 aromatic carbocycles. The summed E-state index contributed by atoms with van der Waals surface area (Å²) >= 11 is 3.41. The zero-order valence-electron chi connectivity index (χ0n) is 15.0. The molecule has 1 N–H and O–H groups in total. The lowest BCUT2D eigenvalue weighted by Crippen LogP contribution is -2.30. The van der Waals surface area contributed by atoms with Crippen LogP contribution in [0.4, 0.5) is 11.4 Å². The fraction of sp³-hybridized carbons (Fsp3) is 0.350. The second kappa shape index (κ2) is 6.95. The van der Waals surface area contributed by atoms with Crippen LogP contribution in [0.3, 0.4) is 0 Å². The molecule has 4 rings (SSSR count). The molecular formula is C20H21BrN2O3S. The molecule has 142 valence electrons. The summed E-state index contributed by atoms with van der Waals surface area (Å²) in [5.74, 6) is 0.220. The fourth-order valence-corrected chi connectivity index (χ4v) is 5.71. The van der Waals surface area contributed by atoms with Crippen LogP contribution in [0, 0.1) is 5.92 Å². The fourth-order valence-electron chi connectivity index (χ4n) is 3.50. The normalized spacial score (nSPS) is 16.3. The van der Waals surface area contributed by atoms with Crippen molar-refractivity contribution in [3.05, 3.63) is 52.0 Å². The van der Waals surface area contributed by atoms with E-state index in [9.17, 15) is 13.2 Å². The summed E-state index contributed by atoms with van der Waals surface area (Å²) in [6, 6.07) is 10.8. The topological polar surface area (TPSA) is 66.5 Å². The molecule has 1 aliphatic carbocycles. The van der Waals surface area contributed by atoms with Gasteiger partial charge < -0.3 is 4.90 Å². The number of sulfonamides is 1. The first-order chi connectivity index (χ1) is 12.9. The summed E-state index contributed by atoms with van der Waals surface area (Å²) in [5.41, 5.74) is 3.24. The summed E-state index contributed by atoms with van der Waals surface area (Å²) in [6.07, 6.45) is 3.34.